The molecule has 2 nitrogen and oxygen atoms in total. The highest BCUT2D eigenvalue weighted by atomic mass is 16.7. The van der Waals surface area contributed by atoms with E-state index in [0.717, 1.165) is 13.0 Å². The number of terminal acetylenes is 1. The van der Waals surface area contributed by atoms with Crippen molar-refractivity contribution < 1.29 is 9.47 Å². The highest BCUT2D eigenvalue weighted by molar-refractivity contribution is 4.94. The normalized spacial score (nSPS) is 29.1. The minimum Gasteiger partial charge on any atom is -0.355 e. The smallest absolute Gasteiger partial charge is 0.148 e. The van der Waals surface area contributed by atoms with Crippen molar-refractivity contribution in [3.05, 3.63) is 0 Å². The lowest BCUT2D eigenvalue weighted by molar-refractivity contribution is -0.119. The predicted molar refractivity (Wildman–Crippen MR) is 29.1 cm³/mol. The molecule has 8 heavy (non-hydrogen) atoms. The molecule has 1 rings (SSSR count). The highest BCUT2D eigenvalue weighted by Gasteiger charge is 2.09. The summed E-state index contributed by atoms with van der Waals surface area (Å²) in [6.07, 6.45) is 5.89. The van der Waals surface area contributed by atoms with Crippen LogP contribution in [0.2, 0.25) is 0 Å². The molecule has 2 heteroatoms. The molecule has 1 saturated heterocycles. The molecule has 1 heterocycles. The van der Waals surface area contributed by atoms with E-state index in [1.165, 1.54) is 0 Å². The molecule has 0 aromatic rings. The molecule has 0 saturated carbocycles. The second-order valence-electron chi connectivity index (χ2n) is 1.64. The van der Waals surface area contributed by atoms with E-state index in [1.807, 2.05) is 0 Å². The van der Waals surface area contributed by atoms with Gasteiger partial charge in [0.05, 0.1) is 6.61 Å². The van der Waals surface area contributed by atoms with Gasteiger partial charge in [0, 0.05) is 6.42 Å². The van der Waals surface area contributed by atoms with Crippen LogP contribution >= 0.6 is 0 Å². The third-order valence-electron chi connectivity index (χ3n) is 1.06. The van der Waals surface area contributed by atoms with Crippen LogP contribution < -0.4 is 0 Å². The predicted octanol–water partition coefficient (Wildman–Crippen LogP) is 0.383. The standard InChI is InChI=1S/C6H8O2/c1-2-6-3-4-7-5-8-6/h1,6H,3-5H2. The summed E-state index contributed by atoms with van der Waals surface area (Å²) in [7, 11) is 0. The zero-order valence-corrected chi connectivity index (χ0v) is 4.59. The molecule has 0 aromatic carbocycles. The summed E-state index contributed by atoms with van der Waals surface area (Å²) in [5, 5.41) is 0. The van der Waals surface area contributed by atoms with Gasteiger partial charge in [-0.05, 0) is 0 Å². The van der Waals surface area contributed by atoms with E-state index >= 15 is 0 Å². The van der Waals surface area contributed by atoms with Gasteiger partial charge in [0.25, 0.3) is 0 Å². The van der Waals surface area contributed by atoms with Crippen molar-refractivity contribution in [1.82, 2.24) is 0 Å². The van der Waals surface area contributed by atoms with E-state index in [4.69, 9.17) is 15.9 Å². The lowest BCUT2D eigenvalue weighted by atomic mass is 10.3. The van der Waals surface area contributed by atoms with Crippen LogP contribution in [0.4, 0.5) is 0 Å². The molecule has 1 atom stereocenters. The maximum absolute atomic E-state index is 5.07. The first kappa shape index (κ1) is 5.61. The van der Waals surface area contributed by atoms with Gasteiger partial charge in [-0.3, -0.25) is 0 Å². The van der Waals surface area contributed by atoms with Crippen LogP contribution in [0.3, 0.4) is 0 Å². The Hall–Kier alpha value is -0.520. The quantitative estimate of drug-likeness (QED) is 0.422. The third-order valence-corrected chi connectivity index (χ3v) is 1.06. The average molecular weight is 112 g/mol. The number of rotatable bonds is 0. The van der Waals surface area contributed by atoms with Crippen LogP contribution in [0, 0.1) is 12.3 Å². The SMILES string of the molecule is C#CC1CCOCO1. The highest BCUT2D eigenvalue weighted by Crippen LogP contribution is 2.02. The second-order valence-corrected chi connectivity index (χ2v) is 1.64. The number of ether oxygens (including phenoxy) is 2. The van der Waals surface area contributed by atoms with Crippen molar-refractivity contribution in [2.24, 2.45) is 0 Å². The Morgan fingerprint density at radius 3 is 2.88 bits per heavy atom. The Morgan fingerprint density at radius 1 is 1.62 bits per heavy atom. The fraction of sp³-hybridized carbons (Fsp3) is 0.667. The summed E-state index contributed by atoms with van der Waals surface area (Å²) < 4.78 is 9.85. The molecular weight excluding hydrogens is 104 g/mol. The molecule has 1 fully saturated rings. The van der Waals surface area contributed by atoms with Gasteiger partial charge < -0.3 is 9.47 Å². The van der Waals surface area contributed by atoms with Crippen molar-refractivity contribution in [3.8, 4) is 12.3 Å². The Morgan fingerprint density at radius 2 is 2.50 bits per heavy atom. The van der Waals surface area contributed by atoms with Crippen molar-refractivity contribution in [2.75, 3.05) is 13.4 Å². The average Bonchev–Trinajstić information content (AvgIpc) is 1.90. The molecule has 0 bridgehead atoms. The molecule has 0 N–H and O–H groups in total. The summed E-state index contributed by atoms with van der Waals surface area (Å²) in [4.78, 5) is 0. The zero-order valence-electron chi connectivity index (χ0n) is 4.59. The maximum atomic E-state index is 5.07. The van der Waals surface area contributed by atoms with E-state index in [0.29, 0.717) is 6.79 Å². The van der Waals surface area contributed by atoms with Crippen LogP contribution in [0.15, 0.2) is 0 Å². The molecule has 0 amide bonds. The van der Waals surface area contributed by atoms with Gasteiger partial charge in [0.2, 0.25) is 0 Å². The van der Waals surface area contributed by atoms with Gasteiger partial charge in [-0.2, -0.15) is 0 Å². The molecule has 44 valence electrons. The molecule has 1 aliphatic rings. The molecule has 0 radical (unpaired) electrons. The minimum absolute atomic E-state index is 0.0104. The van der Waals surface area contributed by atoms with Crippen LogP contribution in [-0.2, 0) is 9.47 Å². The summed E-state index contributed by atoms with van der Waals surface area (Å²) in [6, 6.07) is 0. The van der Waals surface area contributed by atoms with E-state index in [1.54, 1.807) is 0 Å². The molecule has 1 aliphatic heterocycles. The molecule has 1 unspecified atom stereocenters. The fourth-order valence-electron chi connectivity index (χ4n) is 0.594. The number of hydrogen-bond donors (Lipinski definition) is 0. The fourth-order valence-corrected chi connectivity index (χ4v) is 0.594. The lowest BCUT2D eigenvalue weighted by Gasteiger charge is -2.17. The van der Waals surface area contributed by atoms with Gasteiger partial charge in [-0.25, -0.2) is 0 Å². The summed E-state index contributed by atoms with van der Waals surface area (Å²) >= 11 is 0. The van der Waals surface area contributed by atoms with Gasteiger partial charge in [0.1, 0.15) is 12.9 Å². The Balaban J connectivity index is 2.25. The van der Waals surface area contributed by atoms with E-state index in [9.17, 15) is 0 Å². The Bertz CT molecular complexity index is 97.6. The van der Waals surface area contributed by atoms with Gasteiger partial charge in [-0.1, -0.05) is 5.92 Å². The molecular formula is C6H8O2. The molecule has 0 spiro atoms. The minimum atomic E-state index is -0.0104. The lowest BCUT2D eigenvalue weighted by Crippen LogP contribution is -2.21. The second kappa shape index (κ2) is 2.71. The van der Waals surface area contributed by atoms with Crippen LogP contribution in [-0.4, -0.2) is 19.5 Å². The van der Waals surface area contributed by atoms with Crippen molar-refractivity contribution in [2.45, 2.75) is 12.5 Å². The summed E-state index contributed by atoms with van der Waals surface area (Å²) in [5.41, 5.74) is 0. The summed E-state index contributed by atoms with van der Waals surface area (Å²) in [5.74, 6) is 2.50. The van der Waals surface area contributed by atoms with Crippen molar-refractivity contribution >= 4 is 0 Å². The summed E-state index contributed by atoms with van der Waals surface area (Å²) in [6.45, 7) is 1.09. The van der Waals surface area contributed by atoms with Crippen LogP contribution in [0.5, 0.6) is 0 Å². The molecule has 0 aliphatic carbocycles. The number of hydrogen-bond acceptors (Lipinski definition) is 2. The third kappa shape index (κ3) is 1.22. The van der Waals surface area contributed by atoms with E-state index in [2.05, 4.69) is 5.92 Å². The van der Waals surface area contributed by atoms with Gasteiger partial charge in [-0.15, -0.1) is 6.42 Å². The monoisotopic (exact) mass is 112 g/mol. The topological polar surface area (TPSA) is 18.5 Å². The first-order valence-electron chi connectivity index (χ1n) is 2.59. The van der Waals surface area contributed by atoms with Crippen LogP contribution in [0.25, 0.3) is 0 Å². The molecule has 0 aromatic heterocycles. The van der Waals surface area contributed by atoms with Crippen molar-refractivity contribution in [3.63, 3.8) is 0 Å². The van der Waals surface area contributed by atoms with Crippen molar-refractivity contribution in [1.29, 1.82) is 0 Å². The maximum Gasteiger partial charge on any atom is 0.148 e. The first-order chi connectivity index (χ1) is 3.93. The van der Waals surface area contributed by atoms with E-state index < -0.39 is 0 Å². The van der Waals surface area contributed by atoms with Gasteiger partial charge >= 0.3 is 0 Å². The van der Waals surface area contributed by atoms with Crippen LogP contribution in [0.1, 0.15) is 6.42 Å². The largest absolute Gasteiger partial charge is 0.355 e. The Labute approximate surface area is 48.8 Å². The zero-order chi connectivity index (χ0) is 5.82. The first-order valence-corrected chi connectivity index (χ1v) is 2.59. The Kier molecular flexibility index (Phi) is 1.90. The van der Waals surface area contributed by atoms with E-state index in [-0.39, 0.29) is 6.10 Å². The van der Waals surface area contributed by atoms with Gasteiger partial charge in [0.15, 0.2) is 0 Å².